The van der Waals surface area contributed by atoms with E-state index in [0.29, 0.717) is 0 Å². The maximum atomic E-state index is 6.28. The molecule has 0 bridgehead atoms. The number of nitrogens with two attached hydrogens (primary N) is 1. The topological polar surface area (TPSA) is 29.3 Å². The second kappa shape index (κ2) is 6.18. The molecule has 0 amide bonds. The number of rotatable bonds is 3. The summed E-state index contributed by atoms with van der Waals surface area (Å²) >= 11 is 6.00. The smallest absolute Gasteiger partial charge is 0.0500 e. The molecule has 2 unspecified atom stereocenters. The Balaban J connectivity index is 1.87. The van der Waals surface area contributed by atoms with E-state index < -0.39 is 0 Å². The van der Waals surface area contributed by atoms with E-state index in [2.05, 4.69) is 48.2 Å². The summed E-state index contributed by atoms with van der Waals surface area (Å²) in [6.07, 6.45) is 1.09. The first-order valence-electron chi connectivity index (χ1n) is 7.47. The van der Waals surface area contributed by atoms with Crippen molar-refractivity contribution < 1.29 is 0 Å². The summed E-state index contributed by atoms with van der Waals surface area (Å²) in [6.45, 7) is 4.09. The Morgan fingerprint density at radius 3 is 2.38 bits per heavy atom. The fourth-order valence-corrected chi connectivity index (χ4v) is 3.39. The molecule has 3 heteroatoms. The fraction of sp³-hybridized carbons (Fsp3) is 0.333. The third-order valence-electron chi connectivity index (χ3n) is 4.26. The Morgan fingerprint density at radius 1 is 1.05 bits per heavy atom. The van der Waals surface area contributed by atoms with Crippen LogP contribution in [0.3, 0.4) is 0 Å². The van der Waals surface area contributed by atoms with Crippen LogP contribution in [0.4, 0.5) is 0 Å². The molecule has 1 heterocycles. The maximum absolute atomic E-state index is 6.28. The molecule has 3 rings (SSSR count). The van der Waals surface area contributed by atoms with E-state index in [9.17, 15) is 0 Å². The van der Waals surface area contributed by atoms with E-state index in [1.165, 1.54) is 16.7 Å². The molecule has 2 nitrogen and oxygen atoms in total. The van der Waals surface area contributed by atoms with Gasteiger partial charge in [0.2, 0.25) is 0 Å². The van der Waals surface area contributed by atoms with Crippen molar-refractivity contribution >= 4 is 11.6 Å². The standard InChI is InChI=1S/C18H21ClN2/c1-13(20)18(15-6-8-17(19)9-7-15)21-11-10-14-4-2-3-5-16(14)12-21/h2-9,13,18H,10-12,20H2,1H3. The van der Waals surface area contributed by atoms with E-state index in [1.807, 2.05) is 12.1 Å². The highest BCUT2D eigenvalue weighted by Crippen LogP contribution is 2.30. The van der Waals surface area contributed by atoms with E-state index in [1.54, 1.807) is 0 Å². The van der Waals surface area contributed by atoms with Gasteiger partial charge in [-0.15, -0.1) is 0 Å². The van der Waals surface area contributed by atoms with Crippen LogP contribution >= 0.6 is 11.6 Å². The molecular weight excluding hydrogens is 280 g/mol. The van der Waals surface area contributed by atoms with Gasteiger partial charge in [-0.25, -0.2) is 0 Å². The van der Waals surface area contributed by atoms with Crippen molar-refractivity contribution in [2.24, 2.45) is 5.73 Å². The van der Waals surface area contributed by atoms with Gasteiger partial charge in [-0.3, -0.25) is 4.90 Å². The van der Waals surface area contributed by atoms with Crippen molar-refractivity contribution in [1.29, 1.82) is 0 Å². The van der Waals surface area contributed by atoms with E-state index in [-0.39, 0.29) is 12.1 Å². The van der Waals surface area contributed by atoms with Gasteiger partial charge in [-0.05, 0) is 42.2 Å². The van der Waals surface area contributed by atoms with Gasteiger partial charge < -0.3 is 5.73 Å². The third-order valence-corrected chi connectivity index (χ3v) is 4.52. The summed E-state index contributed by atoms with van der Waals surface area (Å²) in [5.41, 5.74) is 10.4. The molecule has 2 aromatic carbocycles. The first kappa shape index (κ1) is 14.6. The lowest BCUT2D eigenvalue weighted by molar-refractivity contribution is 0.159. The van der Waals surface area contributed by atoms with E-state index in [4.69, 9.17) is 17.3 Å². The third kappa shape index (κ3) is 3.13. The Kier molecular flexibility index (Phi) is 4.29. The average molecular weight is 301 g/mol. The Hall–Kier alpha value is -1.35. The average Bonchev–Trinajstić information content (AvgIpc) is 2.49. The summed E-state index contributed by atoms with van der Waals surface area (Å²) in [5, 5.41) is 0.770. The molecule has 0 fully saturated rings. The maximum Gasteiger partial charge on any atom is 0.0500 e. The van der Waals surface area contributed by atoms with E-state index >= 15 is 0 Å². The highest BCUT2D eigenvalue weighted by atomic mass is 35.5. The molecule has 0 radical (unpaired) electrons. The highest BCUT2D eigenvalue weighted by molar-refractivity contribution is 6.30. The molecule has 2 N–H and O–H groups in total. The van der Waals surface area contributed by atoms with Gasteiger partial charge in [-0.1, -0.05) is 48.0 Å². The van der Waals surface area contributed by atoms with Gasteiger partial charge in [0.1, 0.15) is 0 Å². The number of benzene rings is 2. The number of hydrogen-bond donors (Lipinski definition) is 1. The zero-order valence-electron chi connectivity index (χ0n) is 12.3. The quantitative estimate of drug-likeness (QED) is 0.934. The first-order valence-corrected chi connectivity index (χ1v) is 7.85. The highest BCUT2D eigenvalue weighted by Gasteiger charge is 2.27. The second-order valence-corrected chi connectivity index (χ2v) is 6.28. The lowest BCUT2D eigenvalue weighted by Gasteiger charge is -2.38. The minimum Gasteiger partial charge on any atom is -0.326 e. The first-order chi connectivity index (χ1) is 10.1. The van der Waals surface area contributed by atoms with Gasteiger partial charge in [0, 0.05) is 30.2 Å². The van der Waals surface area contributed by atoms with Gasteiger partial charge in [0.25, 0.3) is 0 Å². The zero-order valence-corrected chi connectivity index (χ0v) is 13.1. The lowest BCUT2D eigenvalue weighted by atomic mass is 9.93. The molecule has 0 spiro atoms. The molecule has 0 aliphatic carbocycles. The summed E-state index contributed by atoms with van der Waals surface area (Å²) in [5.74, 6) is 0. The molecule has 21 heavy (non-hydrogen) atoms. The number of fused-ring (bicyclic) bond motifs is 1. The van der Waals surface area contributed by atoms with E-state index in [0.717, 1.165) is 24.5 Å². The van der Waals surface area contributed by atoms with Crippen LogP contribution < -0.4 is 5.73 Å². The summed E-state index contributed by atoms with van der Waals surface area (Å²) < 4.78 is 0. The lowest BCUT2D eigenvalue weighted by Crippen LogP contribution is -2.42. The minimum absolute atomic E-state index is 0.0800. The monoisotopic (exact) mass is 300 g/mol. The van der Waals surface area contributed by atoms with Crippen molar-refractivity contribution in [3.63, 3.8) is 0 Å². The number of hydrogen-bond acceptors (Lipinski definition) is 2. The molecule has 0 saturated heterocycles. The predicted octanol–water partition coefficient (Wildman–Crippen LogP) is 3.79. The van der Waals surface area contributed by atoms with Crippen LogP contribution in [0.1, 0.15) is 29.7 Å². The van der Waals surface area contributed by atoms with Gasteiger partial charge in [-0.2, -0.15) is 0 Å². The van der Waals surface area contributed by atoms with Crippen LogP contribution in [0.5, 0.6) is 0 Å². The van der Waals surface area contributed by atoms with Gasteiger partial charge in [0.05, 0.1) is 0 Å². The molecule has 1 aliphatic rings. The summed E-state index contributed by atoms with van der Waals surface area (Å²) in [4.78, 5) is 2.48. The van der Waals surface area contributed by atoms with Crippen LogP contribution in [0.15, 0.2) is 48.5 Å². The number of halogens is 1. The molecule has 0 aromatic heterocycles. The van der Waals surface area contributed by atoms with Crippen LogP contribution in [0.25, 0.3) is 0 Å². The molecule has 1 aliphatic heterocycles. The largest absolute Gasteiger partial charge is 0.326 e. The molecule has 2 atom stereocenters. The normalized spacial score (nSPS) is 18.0. The van der Waals surface area contributed by atoms with Crippen molar-refractivity contribution in [1.82, 2.24) is 4.90 Å². The van der Waals surface area contributed by atoms with Gasteiger partial charge >= 0.3 is 0 Å². The van der Waals surface area contributed by atoms with Crippen LogP contribution in [0.2, 0.25) is 5.02 Å². The fourth-order valence-electron chi connectivity index (χ4n) is 3.26. The molecule has 2 aromatic rings. The van der Waals surface area contributed by atoms with Gasteiger partial charge in [0.15, 0.2) is 0 Å². The zero-order chi connectivity index (χ0) is 14.8. The van der Waals surface area contributed by atoms with Crippen molar-refractivity contribution in [3.8, 4) is 0 Å². The van der Waals surface area contributed by atoms with Crippen molar-refractivity contribution in [3.05, 3.63) is 70.2 Å². The summed E-state index contributed by atoms with van der Waals surface area (Å²) in [6, 6.07) is 17.1. The Labute approximate surface area is 131 Å². The Bertz CT molecular complexity index is 607. The van der Waals surface area contributed by atoms with Crippen molar-refractivity contribution in [2.75, 3.05) is 6.54 Å². The Morgan fingerprint density at radius 2 is 1.71 bits per heavy atom. The predicted molar refractivity (Wildman–Crippen MR) is 88.4 cm³/mol. The van der Waals surface area contributed by atoms with Crippen LogP contribution in [0, 0.1) is 0 Å². The SMILES string of the molecule is CC(N)C(c1ccc(Cl)cc1)N1CCc2ccccc2C1. The minimum atomic E-state index is 0.0800. The van der Waals surface area contributed by atoms with Crippen LogP contribution in [-0.2, 0) is 13.0 Å². The van der Waals surface area contributed by atoms with Crippen LogP contribution in [-0.4, -0.2) is 17.5 Å². The molecular formula is C18H21ClN2. The number of nitrogens with zero attached hydrogens (tertiary/aromatic N) is 1. The van der Waals surface area contributed by atoms with Crippen molar-refractivity contribution in [2.45, 2.75) is 32.0 Å². The molecule has 110 valence electrons. The summed E-state index contributed by atoms with van der Waals surface area (Å²) in [7, 11) is 0. The second-order valence-electron chi connectivity index (χ2n) is 5.84. The molecule has 0 saturated carbocycles.